The zero-order valence-electron chi connectivity index (χ0n) is 12.2. The van der Waals surface area contributed by atoms with Crippen molar-refractivity contribution >= 4 is 28.7 Å². The van der Waals surface area contributed by atoms with Gasteiger partial charge in [-0.05, 0) is 49.3 Å². The van der Waals surface area contributed by atoms with Gasteiger partial charge < -0.3 is 9.88 Å². The Morgan fingerprint density at radius 2 is 1.95 bits per heavy atom. The summed E-state index contributed by atoms with van der Waals surface area (Å²) in [6.07, 6.45) is 3.01. The average Bonchev–Trinajstić information content (AvgIpc) is 3.04. The third kappa shape index (κ3) is 2.83. The minimum Gasteiger partial charge on any atom is -0.346 e. The Hall–Kier alpha value is -2.14. The van der Waals surface area contributed by atoms with E-state index in [4.69, 9.17) is 12.2 Å². The fraction of sp³-hybridized carbons (Fsp3) is 0.250. The number of hydrogen-bond acceptors (Lipinski definition) is 2. The molecular weight excluding hydrogens is 280 g/mol. The van der Waals surface area contributed by atoms with E-state index in [0.29, 0.717) is 5.11 Å². The minimum absolute atomic E-state index is 0.518. The van der Waals surface area contributed by atoms with E-state index < -0.39 is 0 Å². The van der Waals surface area contributed by atoms with Crippen molar-refractivity contribution < 1.29 is 0 Å². The number of benzene rings is 1. The summed E-state index contributed by atoms with van der Waals surface area (Å²) in [5.41, 5.74) is 8.55. The summed E-state index contributed by atoms with van der Waals surface area (Å²) in [5.74, 6) is 0. The lowest BCUT2D eigenvalue weighted by molar-refractivity contribution is 0.770. The lowest BCUT2D eigenvalue weighted by Gasteiger charge is -2.12. The first kappa shape index (κ1) is 13.8. The first-order valence-electron chi connectivity index (χ1n) is 7.00. The van der Waals surface area contributed by atoms with Crippen LogP contribution in [0.1, 0.15) is 23.2 Å². The van der Waals surface area contributed by atoms with Gasteiger partial charge in [-0.1, -0.05) is 18.2 Å². The van der Waals surface area contributed by atoms with Crippen LogP contribution in [-0.2, 0) is 6.54 Å². The fourth-order valence-electron chi connectivity index (χ4n) is 2.61. The van der Waals surface area contributed by atoms with E-state index >= 15 is 0 Å². The van der Waals surface area contributed by atoms with E-state index in [0.717, 1.165) is 30.1 Å². The number of para-hydroxylation sites is 1. The van der Waals surface area contributed by atoms with E-state index in [1.807, 2.05) is 12.1 Å². The zero-order chi connectivity index (χ0) is 14.8. The predicted octanol–water partition coefficient (Wildman–Crippen LogP) is 3.20. The van der Waals surface area contributed by atoms with Crippen molar-refractivity contribution in [3.8, 4) is 0 Å². The zero-order valence-corrected chi connectivity index (χ0v) is 13.0. The van der Waals surface area contributed by atoms with Crippen LogP contribution in [0.15, 0.2) is 41.6 Å². The molecule has 1 aliphatic heterocycles. The SMILES string of the molecule is Cc1cccc(C)c1NC(=S)N/N=C1/CCn2cccc21. The second-order valence-corrected chi connectivity index (χ2v) is 5.64. The van der Waals surface area contributed by atoms with Gasteiger partial charge in [0.1, 0.15) is 0 Å². The molecule has 4 nitrogen and oxygen atoms in total. The van der Waals surface area contributed by atoms with E-state index in [2.05, 4.69) is 58.7 Å². The van der Waals surface area contributed by atoms with Crippen LogP contribution < -0.4 is 10.7 Å². The van der Waals surface area contributed by atoms with E-state index in [9.17, 15) is 0 Å². The molecule has 1 aliphatic rings. The van der Waals surface area contributed by atoms with Gasteiger partial charge in [0.15, 0.2) is 5.11 Å². The van der Waals surface area contributed by atoms with Crippen LogP contribution in [0.25, 0.3) is 0 Å². The molecule has 0 bridgehead atoms. The molecule has 0 unspecified atom stereocenters. The molecule has 21 heavy (non-hydrogen) atoms. The number of aryl methyl sites for hydroxylation is 3. The van der Waals surface area contributed by atoms with Gasteiger partial charge in [-0.25, -0.2) is 0 Å². The van der Waals surface area contributed by atoms with E-state index in [1.54, 1.807) is 0 Å². The standard InChI is InChI=1S/C16H18N4S/c1-11-5-3-6-12(2)15(11)17-16(21)19-18-13-8-10-20-9-4-7-14(13)20/h3-7,9H,8,10H2,1-2H3,(H2,17,19,21)/b18-13-. The average molecular weight is 298 g/mol. The molecule has 2 N–H and O–H groups in total. The molecule has 0 saturated carbocycles. The van der Waals surface area contributed by atoms with Crippen LogP contribution in [0, 0.1) is 13.8 Å². The summed E-state index contributed by atoms with van der Waals surface area (Å²) in [6, 6.07) is 10.3. The maximum absolute atomic E-state index is 5.33. The van der Waals surface area contributed by atoms with Crippen molar-refractivity contribution in [2.75, 3.05) is 5.32 Å². The van der Waals surface area contributed by atoms with Crippen LogP contribution in [0.5, 0.6) is 0 Å². The molecule has 0 radical (unpaired) electrons. The second-order valence-electron chi connectivity index (χ2n) is 5.23. The van der Waals surface area contributed by atoms with Crippen LogP contribution in [0.4, 0.5) is 5.69 Å². The topological polar surface area (TPSA) is 41.4 Å². The Bertz CT molecular complexity index is 695. The third-order valence-electron chi connectivity index (χ3n) is 3.73. The third-order valence-corrected chi connectivity index (χ3v) is 3.92. The highest BCUT2D eigenvalue weighted by Crippen LogP contribution is 2.19. The first-order valence-corrected chi connectivity index (χ1v) is 7.41. The number of hydrogen-bond donors (Lipinski definition) is 2. The van der Waals surface area contributed by atoms with Crippen LogP contribution >= 0.6 is 12.2 Å². The first-order chi connectivity index (χ1) is 10.1. The van der Waals surface area contributed by atoms with E-state index in [1.165, 1.54) is 11.1 Å². The van der Waals surface area contributed by atoms with Gasteiger partial charge in [-0.2, -0.15) is 5.10 Å². The van der Waals surface area contributed by atoms with Crippen LogP contribution in [-0.4, -0.2) is 15.4 Å². The van der Waals surface area contributed by atoms with Gasteiger partial charge in [0, 0.05) is 24.8 Å². The molecule has 5 heteroatoms. The fourth-order valence-corrected chi connectivity index (χ4v) is 2.76. The predicted molar refractivity (Wildman–Crippen MR) is 90.9 cm³/mol. The summed E-state index contributed by atoms with van der Waals surface area (Å²) < 4.78 is 2.20. The molecule has 0 aliphatic carbocycles. The number of rotatable bonds is 2. The molecule has 2 heterocycles. The monoisotopic (exact) mass is 298 g/mol. The van der Waals surface area contributed by atoms with Gasteiger partial charge in [-0.15, -0.1) is 0 Å². The van der Waals surface area contributed by atoms with Crippen molar-refractivity contribution in [1.82, 2.24) is 9.99 Å². The molecular formula is C16H18N4S. The number of thiocarbonyl (C=S) groups is 1. The number of aromatic nitrogens is 1. The van der Waals surface area contributed by atoms with Gasteiger partial charge in [0.25, 0.3) is 0 Å². The quantitative estimate of drug-likeness (QED) is 0.661. The second kappa shape index (κ2) is 5.69. The lowest BCUT2D eigenvalue weighted by atomic mass is 10.1. The van der Waals surface area contributed by atoms with Gasteiger partial charge in [-0.3, -0.25) is 5.43 Å². The summed E-state index contributed by atoms with van der Waals surface area (Å²) in [4.78, 5) is 0. The molecule has 108 valence electrons. The van der Waals surface area contributed by atoms with Crippen molar-refractivity contribution in [1.29, 1.82) is 0 Å². The summed E-state index contributed by atoms with van der Waals surface area (Å²) >= 11 is 5.33. The normalized spacial score (nSPS) is 15.0. The van der Waals surface area contributed by atoms with Gasteiger partial charge in [0.2, 0.25) is 0 Å². The Labute approximate surface area is 129 Å². The smallest absolute Gasteiger partial charge is 0.191 e. The van der Waals surface area contributed by atoms with Gasteiger partial charge in [0.05, 0.1) is 11.4 Å². The molecule has 1 aromatic carbocycles. The largest absolute Gasteiger partial charge is 0.346 e. The van der Waals surface area contributed by atoms with Crippen LogP contribution in [0.2, 0.25) is 0 Å². The number of anilines is 1. The Morgan fingerprint density at radius 3 is 2.71 bits per heavy atom. The van der Waals surface area contributed by atoms with Gasteiger partial charge >= 0.3 is 0 Å². The summed E-state index contributed by atoms with van der Waals surface area (Å²) in [6.45, 7) is 5.11. The highest BCUT2D eigenvalue weighted by Gasteiger charge is 2.16. The molecule has 3 rings (SSSR count). The number of fused-ring (bicyclic) bond motifs is 1. The number of nitrogens with one attached hydrogen (secondary N) is 2. The number of nitrogens with zero attached hydrogens (tertiary/aromatic N) is 2. The summed E-state index contributed by atoms with van der Waals surface area (Å²) in [5, 5.41) is 8.18. The van der Waals surface area contributed by atoms with Crippen molar-refractivity contribution in [2.24, 2.45) is 5.10 Å². The number of hydrazone groups is 1. The van der Waals surface area contributed by atoms with Crippen molar-refractivity contribution in [3.63, 3.8) is 0 Å². The minimum atomic E-state index is 0.518. The molecule has 0 saturated heterocycles. The highest BCUT2D eigenvalue weighted by molar-refractivity contribution is 7.80. The maximum atomic E-state index is 5.33. The molecule has 0 spiro atoms. The molecule has 2 aromatic rings. The Balaban J connectivity index is 1.68. The Morgan fingerprint density at radius 1 is 1.19 bits per heavy atom. The highest BCUT2D eigenvalue weighted by atomic mass is 32.1. The van der Waals surface area contributed by atoms with Crippen LogP contribution in [0.3, 0.4) is 0 Å². The molecule has 0 fully saturated rings. The molecule has 0 atom stereocenters. The lowest BCUT2D eigenvalue weighted by Crippen LogP contribution is -2.25. The van der Waals surface area contributed by atoms with Crippen molar-refractivity contribution in [2.45, 2.75) is 26.8 Å². The molecule has 0 amide bonds. The Kier molecular flexibility index (Phi) is 3.75. The summed E-state index contributed by atoms with van der Waals surface area (Å²) in [7, 11) is 0. The molecule has 1 aromatic heterocycles. The van der Waals surface area contributed by atoms with Crippen molar-refractivity contribution in [3.05, 3.63) is 53.3 Å². The maximum Gasteiger partial charge on any atom is 0.191 e. The van der Waals surface area contributed by atoms with E-state index in [-0.39, 0.29) is 0 Å².